The second kappa shape index (κ2) is 10.2. The van der Waals surface area contributed by atoms with Gasteiger partial charge in [0.05, 0.1) is 34.6 Å². The Bertz CT molecular complexity index is 1480. The summed E-state index contributed by atoms with van der Waals surface area (Å²) in [4.78, 5) is 14.0. The molecule has 3 heterocycles. The molecule has 1 atom stereocenters. The van der Waals surface area contributed by atoms with Crippen LogP contribution < -0.4 is 9.47 Å². The molecule has 0 spiro atoms. The van der Waals surface area contributed by atoms with Crippen molar-refractivity contribution in [2.45, 2.75) is 18.9 Å². The summed E-state index contributed by atoms with van der Waals surface area (Å²) in [5.41, 5.74) is 4.01. The first-order valence-corrected chi connectivity index (χ1v) is 12.7. The number of aromatic nitrogens is 3. The fourth-order valence-corrected chi connectivity index (χ4v) is 5.30. The summed E-state index contributed by atoms with van der Waals surface area (Å²) in [6, 6.07) is 19.2. The van der Waals surface area contributed by atoms with Crippen LogP contribution in [0.15, 0.2) is 78.6 Å². The van der Waals surface area contributed by atoms with Crippen molar-refractivity contribution in [3.8, 4) is 11.8 Å². The zero-order valence-corrected chi connectivity index (χ0v) is 21.4. The van der Waals surface area contributed by atoms with Crippen molar-refractivity contribution in [2.24, 2.45) is 0 Å². The highest BCUT2D eigenvalue weighted by Gasteiger charge is 2.36. The Hall–Kier alpha value is -3.52. The zero-order valence-electron chi connectivity index (χ0n) is 19.8. The Morgan fingerprint density at radius 1 is 1.03 bits per heavy atom. The molecule has 8 heteroatoms. The molecule has 6 nitrogen and oxygen atoms in total. The minimum atomic E-state index is -1.49. The molecule has 1 N–H and O–H groups in total. The molecule has 0 saturated heterocycles. The summed E-state index contributed by atoms with van der Waals surface area (Å²) in [5, 5.41) is 13.5. The summed E-state index contributed by atoms with van der Waals surface area (Å²) in [7, 11) is 1.55. The number of thiazole rings is 1. The van der Waals surface area contributed by atoms with Crippen LogP contribution in [0.3, 0.4) is 0 Å². The van der Waals surface area contributed by atoms with Crippen LogP contribution in [0.2, 0.25) is 5.02 Å². The van der Waals surface area contributed by atoms with Gasteiger partial charge in [0.2, 0.25) is 11.8 Å². The van der Waals surface area contributed by atoms with E-state index in [2.05, 4.69) is 9.97 Å². The monoisotopic (exact) mass is 517 g/mol. The van der Waals surface area contributed by atoms with Gasteiger partial charge in [-0.05, 0) is 36.2 Å². The molecule has 0 saturated carbocycles. The lowest BCUT2D eigenvalue weighted by molar-refractivity contribution is 0.129. The van der Waals surface area contributed by atoms with Gasteiger partial charge in [-0.2, -0.15) is 0 Å². The van der Waals surface area contributed by atoms with E-state index in [1.165, 1.54) is 11.3 Å². The minimum absolute atomic E-state index is 0.463. The van der Waals surface area contributed by atoms with Gasteiger partial charge in [-0.25, -0.2) is 9.97 Å². The Kier molecular flexibility index (Phi) is 6.87. The number of aliphatic hydroxyl groups is 1. The Morgan fingerprint density at radius 3 is 2.50 bits per heavy atom. The molecule has 5 rings (SSSR count). The normalized spacial score (nSPS) is 12.9. The second-order valence-electron chi connectivity index (χ2n) is 8.20. The fraction of sp³-hybridized carbons (Fsp3) is 0.179. The van der Waals surface area contributed by atoms with Gasteiger partial charge in [0, 0.05) is 41.4 Å². The number of rotatable bonds is 8. The van der Waals surface area contributed by atoms with E-state index in [4.69, 9.17) is 26.1 Å². The lowest BCUT2D eigenvalue weighted by Crippen LogP contribution is -2.28. The Morgan fingerprint density at radius 2 is 1.83 bits per heavy atom. The highest BCUT2D eigenvalue weighted by molar-refractivity contribution is 7.09. The van der Waals surface area contributed by atoms with Gasteiger partial charge in [0.15, 0.2) is 5.60 Å². The van der Waals surface area contributed by atoms with Crippen LogP contribution in [0.1, 0.15) is 34.1 Å². The molecule has 0 fully saturated rings. The van der Waals surface area contributed by atoms with Gasteiger partial charge in [0.1, 0.15) is 0 Å². The first kappa shape index (κ1) is 24.2. The molecule has 2 aromatic carbocycles. The van der Waals surface area contributed by atoms with Gasteiger partial charge in [0.25, 0.3) is 0 Å². The third kappa shape index (κ3) is 4.41. The fourth-order valence-electron chi connectivity index (χ4n) is 4.24. The average molecular weight is 518 g/mol. The molecule has 0 amide bonds. The first-order chi connectivity index (χ1) is 17.5. The van der Waals surface area contributed by atoms with Crippen molar-refractivity contribution in [1.82, 2.24) is 15.0 Å². The third-order valence-corrected chi connectivity index (χ3v) is 7.37. The average Bonchev–Trinajstić information content (AvgIpc) is 3.47. The summed E-state index contributed by atoms with van der Waals surface area (Å²) in [6.45, 7) is 2.40. The molecule has 36 heavy (non-hydrogen) atoms. The van der Waals surface area contributed by atoms with Crippen molar-refractivity contribution in [2.75, 3.05) is 13.7 Å². The van der Waals surface area contributed by atoms with E-state index >= 15 is 0 Å². The molecule has 0 radical (unpaired) electrons. The lowest BCUT2D eigenvalue weighted by atomic mass is 9.85. The van der Waals surface area contributed by atoms with Crippen molar-refractivity contribution in [3.05, 3.63) is 111 Å². The smallest absolute Gasteiger partial charge is 0.218 e. The number of halogens is 1. The highest BCUT2D eigenvalue weighted by atomic mass is 35.5. The first-order valence-electron chi connectivity index (χ1n) is 11.5. The van der Waals surface area contributed by atoms with E-state index in [0.717, 1.165) is 16.5 Å². The summed E-state index contributed by atoms with van der Waals surface area (Å²) < 4.78 is 11.1. The Balaban J connectivity index is 1.69. The molecule has 0 bridgehead atoms. The van der Waals surface area contributed by atoms with Gasteiger partial charge >= 0.3 is 0 Å². The molecule has 1 unspecified atom stereocenters. The predicted molar refractivity (Wildman–Crippen MR) is 142 cm³/mol. The topological polar surface area (TPSA) is 77.4 Å². The largest absolute Gasteiger partial charge is 0.481 e. The van der Waals surface area contributed by atoms with Crippen LogP contribution in [-0.2, 0) is 12.0 Å². The number of nitrogens with zero attached hydrogens (tertiary/aromatic N) is 3. The maximum Gasteiger partial charge on any atom is 0.218 e. The molecule has 3 aromatic heterocycles. The van der Waals surface area contributed by atoms with Crippen LogP contribution in [-0.4, -0.2) is 33.8 Å². The van der Waals surface area contributed by atoms with Gasteiger partial charge in [-0.15, -0.1) is 11.3 Å². The number of hydrogen-bond donors (Lipinski definition) is 1. The SMILES string of the molecule is CCOc1nc2ccc(C(O)(c3ccc(OC)nc3)c3cncs3)cc2c(Cl)c1Cc1ccccc1. The van der Waals surface area contributed by atoms with E-state index in [9.17, 15) is 5.11 Å². The van der Waals surface area contributed by atoms with Gasteiger partial charge in [-0.1, -0.05) is 48.0 Å². The summed E-state index contributed by atoms with van der Waals surface area (Å²) in [6.07, 6.45) is 3.85. The number of fused-ring (bicyclic) bond motifs is 1. The number of hydrogen-bond acceptors (Lipinski definition) is 7. The number of pyridine rings is 2. The number of ether oxygens (including phenoxy) is 2. The van der Waals surface area contributed by atoms with Gasteiger partial charge in [-0.3, -0.25) is 4.98 Å². The molecule has 0 aliphatic rings. The standard InChI is InChI=1S/C28H24ClN3O3S/c1-3-35-27-22(13-18-7-5-4-6-8-18)26(29)21-14-19(9-11-23(21)32-27)28(33,24-16-30-17-36-24)20-10-12-25(34-2)31-15-20/h4-12,14-17,33H,3,13H2,1-2H3. The van der Waals surface area contributed by atoms with Crippen LogP contribution in [0, 0.1) is 0 Å². The van der Waals surface area contributed by atoms with Crippen LogP contribution >= 0.6 is 22.9 Å². The number of methoxy groups -OCH3 is 1. The quantitative estimate of drug-likeness (QED) is 0.271. The number of benzene rings is 2. The van der Waals surface area contributed by atoms with E-state index in [1.54, 1.807) is 37.1 Å². The molecular formula is C28H24ClN3O3S. The Labute approximate surface area is 218 Å². The van der Waals surface area contributed by atoms with E-state index in [-0.39, 0.29) is 0 Å². The van der Waals surface area contributed by atoms with Crippen molar-refractivity contribution < 1.29 is 14.6 Å². The zero-order chi connectivity index (χ0) is 25.1. The molecule has 182 valence electrons. The maximum atomic E-state index is 12.2. The van der Waals surface area contributed by atoms with E-state index < -0.39 is 5.60 Å². The summed E-state index contributed by atoms with van der Waals surface area (Å²) >= 11 is 8.39. The van der Waals surface area contributed by atoms with Crippen molar-refractivity contribution >= 4 is 33.8 Å². The second-order valence-corrected chi connectivity index (χ2v) is 9.47. The van der Waals surface area contributed by atoms with Crippen LogP contribution in [0.4, 0.5) is 0 Å². The van der Waals surface area contributed by atoms with E-state index in [1.807, 2.05) is 55.5 Å². The van der Waals surface area contributed by atoms with Gasteiger partial charge < -0.3 is 14.6 Å². The summed E-state index contributed by atoms with van der Waals surface area (Å²) in [5.74, 6) is 0.980. The van der Waals surface area contributed by atoms with Crippen molar-refractivity contribution in [3.63, 3.8) is 0 Å². The van der Waals surface area contributed by atoms with Crippen molar-refractivity contribution in [1.29, 1.82) is 0 Å². The molecule has 5 aromatic rings. The molecule has 0 aliphatic heterocycles. The van der Waals surface area contributed by atoms with E-state index in [0.29, 0.717) is 51.3 Å². The highest BCUT2D eigenvalue weighted by Crippen LogP contribution is 2.42. The predicted octanol–water partition coefficient (Wildman–Crippen LogP) is 6.02. The van der Waals surface area contributed by atoms with Crippen LogP contribution in [0.5, 0.6) is 11.8 Å². The third-order valence-electron chi connectivity index (χ3n) is 6.05. The lowest BCUT2D eigenvalue weighted by Gasteiger charge is -2.28. The molecular weight excluding hydrogens is 494 g/mol. The molecule has 0 aliphatic carbocycles. The maximum absolute atomic E-state index is 12.2. The minimum Gasteiger partial charge on any atom is -0.481 e. The van der Waals surface area contributed by atoms with Crippen LogP contribution in [0.25, 0.3) is 10.9 Å².